The number of fused-ring (bicyclic) bond motifs is 2. The number of pyridine rings is 2. The Balaban J connectivity index is 0.000000179. The van der Waals surface area contributed by atoms with E-state index in [4.69, 9.17) is 15.6 Å². The Bertz CT molecular complexity index is 2420. The number of aromatic carboxylic acids is 2. The molecule has 2 aliphatic rings. The monoisotopic (exact) mass is 813 g/mol. The Morgan fingerprint density at radius 3 is 1.68 bits per heavy atom. The third-order valence-electron chi connectivity index (χ3n) is 9.34. The lowest BCUT2D eigenvalue weighted by Crippen LogP contribution is -2.33. The van der Waals surface area contributed by atoms with E-state index in [2.05, 4.69) is 19.9 Å². The van der Waals surface area contributed by atoms with Crippen molar-refractivity contribution in [1.29, 1.82) is 0 Å². The number of carboxylic acid groups (broad SMARTS) is 2. The van der Waals surface area contributed by atoms with Gasteiger partial charge in [0.25, 0.3) is 11.8 Å². The maximum absolute atomic E-state index is 13.4. The second kappa shape index (κ2) is 15.8. The molecule has 2 saturated heterocycles. The second-order valence-electron chi connectivity index (χ2n) is 14.8. The van der Waals surface area contributed by atoms with Crippen LogP contribution in [-0.4, -0.2) is 103 Å². The molecule has 6 aromatic heterocycles. The van der Waals surface area contributed by atoms with E-state index in [-0.39, 0.29) is 59.3 Å². The molecular formula is C38H39N9O8S2. The van der Waals surface area contributed by atoms with E-state index in [1.165, 1.54) is 33.4 Å². The highest BCUT2D eigenvalue weighted by atomic mass is 32.1. The van der Waals surface area contributed by atoms with Crippen LogP contribution < -0.4 is 5.73 Å². The first-order valence-electron chi connectivity index (χ1n) is 18.0. The fourth-order valence-electron chi connectivity index (χ4n) is 6.92. The average Bonchev–Trinajstić information content (AvgIpc) is 4.01. The minimum atomic E-state index is -1.12. The minimum Gasteiger partial charge on any atom is -0.476 e. The van der Waals surface area contributed by atoms with Gasteiger partial charge in [0.2, 0.25) is 0 Å². The molecule has 4 atom stereocenters. The third kappa shape index (κ3) is 8.69. The van der Waals surface area contributed by atoms with Gasteiger partial charge in [-0.25, -0.2) is 29.5 Å². The van der Waals surface area contributed by atoms with E-state index >= 15 is 0 Å². The summed E-state index contributed by atoms with van der Waals surface area (Å²) in [6, 6.07) is 10.1. The summed E-state index contributed by atoms with van der Waals surface area (Å²) < 4.78 is 9.00. The number of esters is 1. The highest BCUT2D eigenvalue weighted by Gasteiger charge is 2.41. The highest BCUT2D eigenvalue weighted by Crippen LogP contribution is 2.40. The molecule has 57 heavy (non-hydrogen) atoms. The van der Waals surface area contributed by atoms with Crippen LogP contribution in [0.1, 0.15) is 104 Å². The first-order chi connectivity index (χ1) is 27.1. The fraction of sp³-hybridized carbons (Fsp3) is 0.342. The molecule has 296 valence electrons. The lowest BCUT2D eigenvalue weighted by molar-refractivity contribution is -0.155. The van der Waals surface area contributed by atoms with E-state index in [1.807, 2.05) is 69.6 Å². The summed E-state index contributed by atoms with van der Waals surface area (Å²) in [5, 5.41) is 22.4. The number of hydrogen-bond donors (Lipinski definition) is 3. The van der Waals surface area contributed by atoms with Crippen molar-refractivity contribution in [3.63, 3.8) is 0 Å². The number of imidazole rings is 2. The molecular weight excluding hydrogens is 775 g/mol. The third-order valence-corrected chi connectivity index (χ3v) is 11.2. The van der Waals surface area contributed by atoms with Gasteiger partial charge in [-0.15, -0.1) is 22.7 Å². The van der Waals surface area contributed by atoms with E-state index in [1.54, 1.807) is 31.0 Å². The van der Waals surface area contributed by atoms with Gasteiger partial charge >= 0.3 is 17.9 Å². The Labute approximate surface area is 333 Å². The van der Waals surface area contributed by atoms with Gasteiger partial charge in [-0.3, -0.25) is 14.4 Å². The van der Waals surface area contributed by atoms with Crippen LogP contribution in [-0.2, 0) is 9.53 Å². The number of rotatable bonds is 8. The van der Waals surface area contributed by atoms with Crippen LogP contribution in [0.15, 0.2) is 71.9 Å². The van der Waals surface area contributed by atoms with Crippen LogP contribution in [0.4, 0.5) is 0 Å². The van der Waals surface area contributed by atoms with Crippen molar-refractivity contribution in [1.82, 2.24) is 38.5 Å². The Morgan fingerprint density at radius 1 is 0.737 bits per heavy atom. The van der Waals surface area contributed by atoms with Gasteiger partial charge in [0, 0.05) is 54.7 Å². The number of carboxylic acids is 2. The zero-order valence-electron chi connectivity index (χ0n) is 31.1. The number of aromatic nitrogens is 6. The number of likely N-dealkylation sites (tertiary alicyclic amines) is 2. The zero-order valence-corrected chi connectivity index (χ0v) is 32.7. The number of carbonyl (C=O) groups excluding carboxylic acids is 3. The molecule has 0 aliphatic carbocycles. The summed E-state index contributed by atoms with van der Waals surface area (Å²) in [7, 11) is 0. The van der Waals surface area contributed by atoms with Crippen molar-refractivity contribution >= 4 is 63.7 Å². The van der Waals surface area contributed by atoms with Gasteiger partial charge in [0.1, 0.15) is 38.3 Å². The van der Waals surface area contributed by atoms with Crippen LogP contribution in [0.25, 0.3) is 11.3 Å². The molecule has 19 heteroatoms. The standard InChI is InChI=1S/C22H24N4O5S.C16H15N5O3S/c1-22(2,3)31-18(27)9-13-8-16(19-24-15(12-32-19)21(29)30)26(10-13)20(28)14-11-25-7-5-4-6-17(25)23-14;17-9-5-12(14-19-11(8-25-14)16(23)24)21(6-9)15(22)10-7-20-4-2-1-3-13(20)18-10/h4-7,11-13,16H,8-10H2,1-3H3,(H,29,30);1-4,7-9,12H,5-6,17H2,(H,23,24)/t13-,16-;9-,12+/m01/s1. The van der Waals surface area contributed by atoms with Gasteiger partial charge in [-0.1, -0.05) is 12.1 Å². The van der Waals surface area contributed by atoms with Gasteiger partial charge in [0.15, 0.2) is 11.4 Å². The van der Waals surface area contributed by atoms with Crippen LogP contribution in [0, 0.1) is 5.92 Å². The van der Waals surface area contributed by atoms with Gasteiger partial charge in [-0.05, 0) is 63.8 Å². The molecule has 0 unspecified atom stereocenters. The molecule has 4 N–H and O–H groups in total. The maximum Gasteiger partial charge on any atom is 0.355 e. The van der Waals surface area contributed by atoms with Gasteiger partial charge < -0.3 is 39.3 Å². The molecule has 2 fully saturated rings. The molecule has 2 aliphatic heterocycles. The quantitative estimate of drug-likeness (QED) is 0.175. The number of thiazole rings is 2. The fourth-order valence-corrected chi connectivity index (χ4v) is 8.76. The van der Waals surface area contributed by atoms with E-state index in [0.717, 1.165) is 0 Å². The first kappa shape index (κ1) is 39.2. The van der Waals surface area contributed by atoms with Gasteiger partial charge in [0.05, 0.1) is 18.5 Å². The van der Waals surface area contributed by atoms with E-state index in [9.17, 15) is 29.1 Å². The lowest BCUT2D eigenvalue weighted by Gasteiger charge is -2.22. The second-order valence-corrected chi connectivity index (χ2v) is 16.6. The SMILES string of the molecule is CC(C)(C)OC(=O)C[C@@H]1C[C@@H](c2nc(C(=O)O)cs2)N(C(=O)c2cn3ccccc3n2)C1.N[C@@H]1C[C@@H](c2nc(C(=O)O)cs2)N(C(=O)c2cn3ccccc3n2)C1. The zero-order chi connectivity index (χ0) is 40.6. The number of hydrogen-bond acceptors (Lipinski definition) is 13. The predicted octanol–water partition coefficient (Wildman–Crippen LogP) is 4.83. The molecule has 2 amide bonds. The van der Waals surface area contributed by atoms with Crippen molar-refractivity contribution in [2.75, 3.05) is 13.1 Å². The van der Waals surface area contributed by atoms with Gasteiger partial charge in [-0.2, -0.15) is 0 Å². The number of nitrogens with two attached hydrogens (primary N) is 1. The molecule has 0 radical (unpaired) electrons. The predicted molar refractivity (Wildman–Crippen MR) is 207 cm³/mol. The number of amides is 2. The van der Waals surface area contributed by atoms with Crippen LogP contribution >= 0.6 is 22.7 Å². The molecule has 0 aromatic carbocycles. The molecule has 0 spiro atoms. The number of carbonyl (C=O) groups is 5. The summed E-state index contributed by atoms with van der Waals surface area (Å²) in [5.74, 6) is -3.16. The summed E-state index contributed by atoms with van der Waals surface area (Å²) in [6.07, 6.45) is 8.19. The minimum absolute atomic E-state index is 0.0133. The van der Waals surface area contributed by atoms with E-state index < -0.39 is 23.6 Å². The topological polar surface area (TPSA) is 228 Å². The van der Waals surface area contributed by atoms with Crippen LogP contribution in [0.5, 0.6) is 0 Å². The summed E-state index contributed by atoms with van der Waals surface area (Å²) in [5.41, 5.74) is 7.35. The van der Waals surface area contributed by atoms with Crippen molar-refractivity contribution in [3.8, 4) is 0 Å². The number of ether oxygens (including phenoxy) is 1. The van der Waals surface area contributed by atoms with Crippen LogP contribution in [0.2, 0.25) is 0 Å². The molecule has 0 bridgehead atoms. The van der Waals surface area contributed by atoms with E-state index in [0.29, 0.717) is 52.9 Å². The largest absolute Gasteiger partial charge is 0.476 e. The molecule has 17 nitrogen and oxygen atoms in total. The molecule has 6 aromatic rings. The Morgan fingerprint density at radius 2 is 1.23 bits per heavy atom. The Hall–Kier alpha value is -6.05. The smallest absolute Gasteiger partial charge is 0.355 e. The lowest BCUT2D eigenvalue weighted by atomic mass is 10.0. The van der Waals surface area contributed by atoms with Crippen molar-refractivity contribution in [2.45, 2.75) is 63.8 Å². The molecule has 8 rings (SSSR count). The highest BCUT2D eigenvalue weighted by molar-refractivity contribution is 7.10. The van der Waals surface area contributed by atoms with Crippen molar-refractivity contribution in [3.05, 3.63) is 105 Å². The van der Waals surface area contributed by atoms with Crippen molar-refractivity contribution in [2.24, 2.45) is 11.7 Å². The average molecular weight is 814 g/mol. The Kier molecular flexibility index (Phi) is 10.9. The normalized spacial score (nSPS) is 19.4. The van der Waals surface area contributed by atoms with Crippen molar-refractivity contribution < 1.29 is 38.9 Å². The summed E-state index contributed by atoms with van der Waals surface area (Å²) in [6.45, 7) is 6.15. The summed E-state index contributed by atoms with van der Waals surface area (Å²) in [4.78, 5) is 81.5. The van der Waals surface area contributed by atoms with Crippen LogP contribution in [0.3, 0.4) is 0 Å². The molecule has 0 saturated carbocycles. The molecule has 8 heterocycles. The summed E-state index contributed by atoms with van der Waals surface area (Å²) >= 11 is 2.43. The first-order valence-corrected chi connectivity index (χ1v) is 19.7. The number of nitrogens with zero attached hydrogens (tertiary/aromatic N) is 8. The maximum atomic E-state index is 13.4.